The predicted molar refractivity (Wildman–Crippen MR) is 129 cm³/mol. The molecule has 3 rings (SSSR count). The first-order valence-corrected chi connectivity index (χ1v) is 12.8. The van der Waals surface area contributed by atoms with Crippen molar-refractivity contribution in [2.24, 2.45) is 0 Å². The van der Waals surface area contributed by atoms with Crippen molar-refractivity contribution in [1.82, 2.24) is 10.2 Å². The highest BCUT2D eigenvalue weighted by atomic mass is 35.5. The summed E-state index contributed by atoms with van der Waals surface area (Å²) in [7, 11) is -3.53. The van der Waals surface area contributed by atoms with Gasteiger partial charge in [-0.25, -0.2) is 8.42 Å². The van der Waals surface area contributed by atoms with Gasteiger partial charge in [0.15, 0.2) is 0 Å². The van der Waals surface area contributed by atoms with Crippen LogP contribution in [0.4, 0.5) is 5.13 Å². The summed E-state index contributed by atoms with van der Waals surface area (Å²) in [5.41, 5.74) is 0.412. The molecule has 0 saturated carbocycles. The van der Waals surface area contributed by atoms with Gasteiger partial charge in [-0.1, -0.05) is 54.1 Å². The molecule has 0 bridgehead atoms. The van der Waals surface area contributed by atoms with Crippen LogP contribution in [-0.2, 0) is 14.6 Å². The van der Waals surface area contributed by atoms with Crippen molar-refractivity contribution in [3.05, 3.63) is 64.7 Å². The van der Waals surface area contributed by atoms with Crippen LogP contribution >= 0.6 is 22.9 Å². The number of halogens is 1. The Labute approximate surface area is 205 Å². The van der Waals surface area contributed by atoms with Crippen LogP contribution in [0.5, 0.6) is 11.5 Å². The number of carbonyl (C=O) groups is 1. The number of carbonyl (C=O) groups excluding carboxylic acids is 1. The van der Waals surface area contributed by atoms with E-state index in [-0.39, 0.29) is 20.8 Å². The lowest BCUT2D eigenvalue weighted by atomic mass is 10.1. The molecule has 1 amide bonds. The highest BCUT2D eigenvalue weighted by molar-refractivity contribution is 7.93. The molecule has 0 unspecified atom stereocenters. The molecule has 0 aliphatic heterocycles. The van der Waals surface area contributed by atoms with E-state index in [0.717, 1.165) is 11.3 Å². The second-order valence-corrected chi connectivity index (χ2v) is 10.4. The first kappa shape index (κ1) is 25.2. The Kier molecular flexibility index (Phi) is 8.59. The van der Waals surface area contributed by atoms with E-state index in [1.54, 1.807) is 36.4 Å². The van der Waals surface area contributed by atoms with Crippen LogP contribution in [0.15, 0.2) is 58.4 Å². The van der Waals surface area contributed by atoms with Crippen LogP contribution in [0.3, 0.4) is 0 Å². The lowest BCUT2D eigenvalue weighted by Gasteiger charge is -2.09. The lowest BCUT2D eigenvalue weighted by Crippen LogP contribution is -2.13. The Hall–Kier alpha value is -3.46. The summed E-state index contributed by atoms with van der Waals surface area (Å²) in [6.45, 7) is 2.08. The summed E-state index contributed by atoms with van der Waals surface area (Å²) in [6.07, 6.45) is 1.39. The van der Waals surface area contributed by atoms with Crippen molar-refractivity contribution in [2.45, 2.75) is 11.3 Å². The number of rotatable bonds is 10. The third-order valence-corrected chi connectivity index (χ3v) is 7.61. The number of hydrogen-bond donors (Lipinski definition) is 1. The van der Waals surface area contributed by atoms with Gasteiger partial charge >= 0.3 is 0 Å². The monoisotopic (exact) mass is 518 g/mol. The number of benzene rings is 2. The molecule has 0 radical (unpaired) electrons. The molecule has 34 heavy (non-hydrogen) atoms. The summed E-state index contributed by atoms with van der Waals surface area (Å²) in [6, 6.07) is 15.7. The van der Waals surface area contributed by atoms with E-state index < -0.39 is 15.7 Å². The maximum Gasteiger partial charge on any atom is 0.268 e. The number of para-hydroxylation sites is 1. The van der Waals surface area contributed by atoms with E-state index in [1.807, 2.05) is 18.2 Å². The van der Waals surface area contributed by atoms with Gasteiger partial charge < -0.3 is 9.47 Å². The van der Waals surface area contributed by atoms with Crippen molar-refractivity contribution in [2.75, 3.05) is 24.3 Å². The Balaban J connectivity index is 1.56. The van der Waals surface area contributed by atoms with E-state index in [4.69, 9.17) is 21.1 Å². The highest BCUT2D eigenvalue weighted by Gasteiger charge is 2.19. The number of anilines is 1. The SMILES string of the molecule is CCS(=O)(=O)c1nnc(NC(=O)C(C#N)=Cc2ccc(OCCOc3ccccc3Cl)cc2)s1. The van der Waals surface area contributed by atoms with E-state index in [0.29, 0.717) is 35.3 Å². The van der Waals surface area contributed by atoms with E-state index in [2.05, 4.69) is 15.5 Å². The van der Waals surface area contributed by atoms with Crippen LogP contribution in [0.1, 0.15) is 12.5 Å². The largest absolute Gasteiger partial charge is 0.490 e. The summed E-state index contributed by atoms with van der Waals surface area (Å²) >= 11 is 6.76. The first-order chi connectivity index (χ1) is 16.3. The van der Waals surface area contributed by atoms with Crippen molar-refractivity contribution in [3.63, 3.8) is 0 Å². The number of nitrogens with zero attached hydrogens (tertiary/aromatic N) is 3. The Morgan fingerprint density at radius 1 is 1.15 bits per heavy atom. The topological polar surface area (TPSA) is 131 Å². The van der Waals surface area contributed by atoms with Gasteiger partial charge in [0, 0.05) is 0 Å². The minimum Gasteiger partial charge on any atom is -0.490 e. The van der Waals surface area contributed by atoms with Gasteiger partial charge in [0.1, 0.15) is 36.4 Å². The average molecular weight is 519 g/mol. The number of nitrogens with one attached hydrogen (secondary N) is 1. The van der Waals surface area contributed by atoms with Gasteiger partial charge in [-0.2, -0.15) is 5.26 Å². The smallest absolute Gasteiger partial charge is 0.268 e. The summed E-state index contributed by atoms with van der Waals surface area (Å²) in [5, 5.41) is 19.5. The van der Waals surface area contributed by atoms with Crippen LogP contribution in [0.25, 0.3) is 6.08 Å². The molecule has 0 saturated heterocycles. The molecule has 9 nitrogen and oxygen atoms in total. The molecule has 0 aliphatic carbocycles. The maximum absolute atomic E-state index is 12.4. The fraction of sp³-hybridized carbons (Fsp3) is 0.182. The molecule has 1 aromatic heterocycles. The number of aromatic nitrogens is 2. The molecule has 176 valence electrons. The predicted octanol–water partition coefficient (Wildman–Crippen LogP) is 3.99. The Morgan fingerprint density at radius 2 is 1.85 bits per heavy atom. The van der Waals surface area contributed by atoms with E-state index in [9.17, 15) is 18.5 Å². The molecular formula is C22H19ClN4O5S2. The first-order valence-electron chi connectivity index (χ1n) is 9.92. The fourth-order valence-corrected chi connectivity index (χ4v) is 4.70. The number of nitriles is 1. The lowest BCUT2D eigenvalue weighted by molar-refractivity contribution is -0.112. The minimum atomic E-state index is -3.53. The molecule has 1 N–H and O–H groups in total. The van der Waals surface area contributed by atoms with Crippen LogP contribution in [-0.4, -0.2) is 43.5 Å². The molecule has 12 heteroatoms. The van der Waals surface area contributed by atoms with Crippen molar-refractivity contribution < 1.29 is 22.7 Å². The van der Waals surface area contributed by atoms with Gasteiger partial charge in [-0.05, 0) is 35.9 Å². The number of hydrogen-bond acceptors (Lipinski definition) is 9. The van der Waals surface area contributed by atoms with Gasteiger partial charge in [0.2, 0.25) is 19.3 Å². The van der Waals surface area contributed by atoms with Gasteiger partial charge in [0.25, 0.3) is 5.91 Å². The zero-order valence-electron chi connectivity index (χ0n) is 17.9. The van der Waals surface area contributed by atoms with E-state index >= 15 is 0 Å². The second-order valence-electron chi connectivity index (χ2n) is 6.60. The Bertz CT molecular complexity index is 1330. The number of sulfone groups is 1. The average Bonchev–Trinajstić information content (AvgIpc) is 3.31. The third-order valence-electron chi connectivity index (χ3n) is 4.28. The van der Waals surface area contributed by atoms with Gasteiger partial charge in [-0.15, -0.1) is 10.2 Å². The molecule has 0 spiro atoms. The molecule has 0 fully saturated rings. The van der Waals surface area contributed by atoms with Crippen LogP contribution in [0.2, 0.25) is 5.02 Å². The normalized spacial score (nSPS) is 11.5. The van der Waals surface area contributed by atoms with Crippen molar-refractivity contribution in [3.8, 4) is 17.6 Å². The Morgan fingerprint density at radius 3 is 2.53 bits per heavy atom. The molecule has 0 atom stereocenters. The molecule has 0 aliphatic rings. The zero-order valence-corrected chi connectivity index (χ0v) is 20.3. The molecule has 3 aromatic rings. The fourth-order valence-electron chi connectivity index (χ4n) is 2.52. The summed E-state index contributed by atoms with van der Waals surface area (Å²) in [5.74, 6) is 0.303. The molecule has 1 heterocycles. The molecular weight excluding hydrogens is 500 g/mol. The minimum absolute atomic E-state index is 0.0130. The quantitative estimate of drug-likeness (QED) is 0.184. The number of ether oxygens (including phenoxy) is 2. The zero-order chi connectivity index (χ0) is 24.6. The van der Waals surface area contributed by atoms with Crippen LogP contribution in [0, 0.1) is 11.3 Å². The second kappa shape index (κ2) is 11.6. The maximum atomic E-state index is 12.4. The van der Waals surface area contributed by atoms with Gasteiger partial charge in [-0.3, -0.25) is 10.1 Å². The highest BCUT2D eigenvalue weighted by Crippen LogP contribution is 2.23. The third kappa shape index (κ3) is 6.77. The molecule has 2 aromatic carbocycles. The number of amides is 1. The standard InChI is InChI=1S/C22H19ClN4O5S2/c1-2-34(29,30)22-27-26-21(33-22)25-20(28)16(14-24)13-15-7-9-17(10-8-15)31-11-12-32-19-6-4-3-5-18(19)23/h3-10,13H,2,11-12H2,1H3,(H,25,26,28). The van der Waals surface area contributed by atoms with E-state index in [1.165, 1.54) is 13.0 Å². The van der Waals surface area contributed by atoms with Crippen molar-refractivity contribution in [1.29, 1.82) is 5.26 Å². The van der Waals surface area contributed by atoms with Crippen LogP contribution < -0.4 is 14.8 Å². The summed E-state index contributed by atoms with van der Waals surface area (Å²) in [4.78, 5) is 12.4. The van der Waals surface area contributed by atoms with Crippen molar-refractivity contribution >= 4 is 49.9 Å². The van der Waals surface area contributed by atoms with Gasteiger partial charge in [0.05, 0.1) is 10.8 Å². The summed E-state index contributed by atoms with van der Waals surface area (Å²) < 4.78 is 34.7.